The fraction of sp³-hybridized carbons (Fsp3) is 0.875. The second-order valence-corrected chi connectivity index (χ2v) is 6.67. The molecule has 0 aromatic rings. The van der Waals surface area contributed by atoms with Crippen molar-refractivity contribution < 1.29 is 27.8 Å². The molecule has 0 aromatic heterocycles. The molecular formula is C8H14NO2Zn. The molecule has 1 aliphatic heterocycles. The van der Waals surface area contributed by atoms with E-state index >= 15 is 0 Å². The Labute approximate surface area is 83.1 Å². The van der Waals surface area contributed by atoms with Gasteiger partial charge in [-0.2, -0.15) is 0 Å². The van der Waals surface area contributed by atoms with E-state index in [0.717, 1.165) is 17.6 Å². The zero-order valence-electron chi connectivity index (χ0n) is 7.96. The van der Waals surface area contributed by atoms with Gasteiger partial charge in [-0.15, -0.1) is 0 Å². The predicted molar refractivity (Wildman–Crippen MR) is 41.6 cm³/mol. The minimum absolute atomic E-state index is 0.160. The third kappa shape index (κ3) is 2.74. The van der Waals surface area contributed by atoms with Crippen molar-refractivity contribution >= 4 is 6.09 Å². The summed E-state index contributed by atoms with van der Waals surface area (Å²) < 4.78 is 5.95. The van der Waals surface area contributed by atoms with Crippen LogP contribution in [0.3, 0.4) is 0 Å². The van der Waals surface area contributed by atoms with Gasteiger partial charge in [-0.05, 0) is 0 Å². The molecule has 1 fully saturated rings. The molecule has 1 amide bonds. The van der Waals surface area contributed by atoms with Gasteiger partial charge in [0.1, 0.15) is 0 Å². The number of hydrogen-bond acceptors (Lipinski definition) is 2. The molecule has 1 saturated heterocycles. The molecule has 0 radical (unpaired) electrons. The Morgan fingerprint density at radius 1 is 1.50 bits per heavy atom. The molecule has 12 heavy (non-hydrogen) atoms. The van der Waals surface area contributed by atoms with Crippen LogP contribution in [0, 0.1) is 0 Å². The SMILES string of the molecule is CC(C)(C)OC(=O)N1C[CH]([Zn])C1. The van der Waals surface area contributed by atoms with Crippen LogP contribution in [0.2, 0.25) is 4.51 Å². The second-order valence-electron chi connectivity index (χ2n) is 4.25. The van der Waals surface area contributed by atoms with Gasteiger partial charge >= 0.3 is 82.8 Å². The van der Waals surface area contributed by atoms with E-state index in [1.165, 1.54) is 18.3 Å². The number of likely N-dealkylation sites (tertiary alicyclic amines) is 1. The molecule has 1 rings (SSSR count). The number of ether oxygens (including phenoxy) is 1. The molecule has 0 N–H and O–H groups in total. The van der Waals surface area contributed by atoms with Crippen molar-refractivity contribution in [2.75, 3.05) is 13.1 Å². The fourth-order valence-electron chi connectivity index (χ4n) is 1.05. The maximum atomic E-state index is 11.3. The molecule has 65 valence electrons. The Hall–Kier alpha value is -0.107. The predicted octanol–water partition coefficient (Wildman–Crippen LogP) is 1.57. The first kappa shape index (κ1) is 9.98. The van der Waals surface area contributed by atoms with Crippen molar-refractivity contribution in [1.29, 1.82) is 0 Å². The summed E-state index contributed by atoms with van der Waals surface area (Å²) in [4.78, 5) is 13.1. The molecule has 3 nitrogen and oxygen atoms in total. The van der Waals surface area contributed by atoms with E-state index in [0.29, 0.717) is 0 Å². The minimum atomic E-state index is -0.355. The molecule has 4 heteroatoms. The summed E-state index contributed by atoms with van der Waals surface area (Å²) >= 11 is 1.28. The van der Waals surface area contributed by atoms with Crippen molar-refractivity contribution in [3.8, 4) is 0 Å². The summed E-state index contributed by atoms with van der Waals surface area (Å²) in [5.74, 6) is 0. The molecule has 1 heterocycles. The van der Waals surface area contributed by atoms with Crippen LogP contribution in [-0.4, -0.2) is 29.7 Å². The zero-order chi connectivity index (χ0) is 9.35. The van der Waals surface area contributed by atoms with Gasteiger partial charge in [-0.3, -0.25) is 0 Å². The quantitative estimate of drug-likeness (QED) is 0.581. The van der Waals surface area contributed by atoms with E-state index < -0.39 is 0 Å². The Morgan fingerprint density at radius 3 is 2.33 bits per heavy atom. The molecule has 0 aliphatic carbocycles. The van der Waals surface area contributed by atoms with E-state index in [4.69, 9.17) is 4.74 Å². The average Bonchev–Trinajstić information content (AvgIpc) is 1.76. The number of carbonyl (C=O) groups is 1. The normalized spacial score (nSPS) is 18.9. The first-order chi connectivity index (χ1) is 5.38. The summed E-state index contributed by atoms with van der Waals surface area (Å²) in [6, 6.07) is 0. The number of rotatable bonds is 0. The molecule has 0 bridgehead atoms. The Bertz CT molecular complexity index is 182. The molecule has 0 atom stereocenters. The standard InChI is InChI=1S/C8H14NO2.Zn/c1-8(2,3)11-7(10)9-5-4-6-9;/h4H,5-6H2,1-3H3;. The van der Waals surface area contributed by atoms with E-state index in [1.54, 1.807) is 4.90 Å². The van der Waals surface area contributed by atoms with Crippen LogP contribution in [0.25, 0.3) is 0 Å². The molecule has 1 aliphatic rings. The van der Waals surface area contributed by atoms with E-state index in [2.05, 4.69) is 0 Å². The molecule has 0 unspecified atom stereocenters. The van der Waals surface area contributed by atoms with Crippen molar-refractivity contribution in [3.63, 3.8) is 0 Å². The summed E-state index contributed by atoms with van der Waals surface area (Å²) in [5.41, 5.74) is -0.355. The van der Waals surface area contributed by atoms with Crippen LogP contribution in [0.4, 0.5) is 4.79 Å². The van der Waals surface area contributed by atoms with Gasteiger partial charge in [0, 0.05) is 0 Å². The topological polar surface area (TPSA) is 29.5 Å². The number of hydrogen-bond donors (Lipinski definition) is 0. The number of carbonyl (C=O) groups excluding carboxylic acids is 1. The first-order valence-electron chi connectivity index (χ1n) is 4.19. The van der Waals surface area contributed by atoms with Crippen molar-refractivity contribution in [1.82, 2.24) is 4.90 Å². The Balaban J connectivity index is 2.30. The molecule has 0 aromatic carbocycles. The monoisotopic (exact) mass is 220 g/mol. The van der Waals surface area contributed by atoms with E-state index in [-0.39, 0.29) is 11.7 Å². The maximum absolute atomic E-state index is 11.3. The Kier molecular flexibility index (Phi) is 2.77. The van der Waals surface area contributed by atoms with Crippen LogP contribution in [-0.2, 0) is 23.0 Å². The van der Waals surface area contributed by atoms with Gasteiger partial charge < -0.3 is 0 Å². The first-order valence-corrected chi connectivity index (χ1v) is 5.91. The second kappa shape index (κ2) is 3.33. The van der Waals surface area contributed by atoms with Gasteiger partial charge in [-0.25, -0.2) is 0 Å². The summed E-state index contributed by atoms with van der Waals surface area (Å²) in [6.45, 7) is 7.47. The van der Waals surface area contributed by atoms with Crippen molar-refractivity contribution in [2.45, 2.75) is 30.9 Å². The average molecular weight is 222 g/mol. The van der Waals surface area contributed by atoms with Crippen molar-refractivity contribution in [3.05, 3.63) is 0 Å². The van der Waals surface area contributed by atoms with Crippen LogP contribution in [0.1, 0.15) is 20.8 Å². The van der Waals surface area contributed by atoms with Gasteiger partial charge in [0.05, 0.1) is 0 Å². The van der Waals surface area contributed by atoms with Gasteiger partial charge in [-0.1, -0.05) is 0 Å². The van der Waals surface area contributed by atoms with Gasteiger partial charge in [0.15, 0.2) is 0 Å². The van der Waals surface area contributed by atoms with Gasteiger partial charge in [0.2, 0.25) is 0 Å². The van der Waals surface area contributed by atoms with E-state index in [9.17, 15) is 4.79 Å². The van der Waals surface area contributed by atoms with E-state index in [1.807, 2.05) is 20.8 Å². The number of amides is 1. The third-order valence-electron chi connectivity index (χ3n) is 1.61. The fourth-order valence-corrected chi connectivity index (χ4v) is 2.35. The van der Waals surface area contributed by atoms with Crippen LogP contribution < -0.4 is 0 Å². The zero-order valence-corrected chi connectivity index (χ0v) is 10.9. The third-order valence-corrected chi connectivity index (χ3v) is 2.69. The molecule has 0 spiro atoms. The summed E-state index contributed by atoms with van der Waals surface area (Å²) in [7, 11) is 0. The van der Waals surface area contributed by atoms with Crippen LogP contribution >= 0.6 is 0 Å². The Morgan fingerprint density at radius 2 is 2.00 bits per heavy atom. The number of nitrogens with zero attached hydrogens (tertiary/aromatic N) is 1. The van der Waals surface area contributed by atoms with Gasteiger partial charge in [0.25, 0.3) is 0 Å². The van der Waals surface area contributed by atoms with Crippen LogP contribution in [0.5, 0.6) is 0 Å². The molecular weight excluding hydrogens is 207 g/mol. The van der Waals surface area contributed by atoms with Crippen molar-refractivity contribution in [2.24, 2.45) is 0 Å². The summed E-state index contributed by atoms with van der Waals surface area (Å²) in [5, 5.41) is 0. The summed E-state index contributed by atoms with van der Waals surface area (Å²) in [6.07, 6.45) is -0.160. The van der Waals surface area contributed by atoms with Crippen LogP contribution in [0.15, 0.2) is 0 Å². The molecule has 0 saturated carbocycles.